The van der Waals surface area contributed by atoms with Gasteiger partial charge in [0.15, 0.2) is 0 Å². The summed E-state index contributed by atoms with van der Waals surface area (Å²) in [5, 5.41) is 3.68. The second-order valence-corrected chi connectivity index (χ2v) is 5.42. The summed E-state index contributed by atoms with van der Waals surface area (Å²) in [5.74, 6) is 1.59. The molecule has 1 aromatic heterocycles. The molecule has 18 heavy (non-hydrogen) atoms. The largest absolute Gasteiger partial charge is 0.382 e. The van der Waals surface area contributed by atoms with E-state index in [4.69, 9.17) is 17.3 Å². The van der Waals surface area contributed by atoms with Crippen molar-refractivity contribution >= 4 is 23.2 Å². The van der Waals surface area contributed by atoms with Crippen LogP contribution in [0.4, 0.5) is 11.6 Å². The van der Waals surface area contributed by atoms with E-state index in [1.165, 1.54) is 19.3 Å². The molecule has 1 aliphatic heterocycles. The highest BCUT2D eigenvalue weighted by Gasteiger charge is 2.24. The number of nitrogen functional groups attached to an aromatic ring is 1. The SMILES string of the molecule is CC(C)N1CCC(CNc2ncnc(N)c2Cl)C1. The van der Waals surface area contributed by atoms with Crippen molar-refractivity contribution in [1.29, 1.82) is 0 Å². The maximum atomic E-state index is 6.03. The van der Waals surface area contributed by atoms with E-state index in [0.29, 0.717) is 28.6 Å². The third-order valence-electron chi connectivity index (χ3n) is 3.42. The standard InChI is InChI=1S/C12H20ClN5/c1-8(2)18-4-3-9(6-18)5-15-12-10(13)11(14)16-7-17-12/h7-9H,3-6H2,1-2H3,(H3,14,15,16,17). The Morgan fingerprint density at radius 2 is 2.33 bits per heavy atom. The van der Waals surface area contributed by atoms with Crippen molar-refractivity contribution < 1.29 is 0 Å². The molecule has 2 rings (SSSR count). The van der Waals surface area contributed by atoms with E-state index in [1.54, 1.807) is 0 Å². The molecule has 2 heterocycles. The lowest BCUT2D eigenvalue weighted by Crippen LogP contribution is -2.29. The Hall–Kier alpha value is -1.07. The first-order valence-electron chi connectivity index (χ1n) is 6.31. The predicted molar refractivity (Wildman–Crippen MR) is 74.8 cm³/mol. The normalized spacial score (nSPS) is 20.6. The van der Waals surface area contributed by atoms with Gasteiger partial charge < -0.3 is 16.0 Å². The number of aromatic nitrogens is 2. The highest BCUT2D eigenvalue weighted by Crippen LogP contribution is 2.24. The van der Waals surface area contributed by atoms with E-state index < -0.39 is 0 Å². The number of hydrogen-bond donors (Lipinski definition) is 2. The van der Waals surface area contributed by atoms with Crippen LogP contribution in [0, 0.1) is 5.92 Å². The molecule has 0 radical (unpaired) electrons. The Morgan fingerprint density at radius 1 is 1.56 bits per heavy atom. The summed E-state index contributed by atoms with van der Waals surface area (Å²) in [6, 6.07) is 0.619. The zero-order valence-corrected chi connectivity index (χ0v) is 11.6. The van der Waals surface area contributed by atoms with E-state index in [0.717, 1.165) is 13.1 Å². The van der Waals surface area contributed by atoms with Gasteiger partial charge in [0.1, 0.15) is 23.0 Å². The fourth-order valence-electron chi connectivity index (χ4n) is 2.25. The third-order valence-corrected chi connectivity index (χ3v) is 3.79. The molecule has 1 atom stereocenters. The number of nitrogens with two attached hydrogens (primary N) is 1. The van der Waals surface area contributed by atoms with Crippen molar-refractivity contribution in [2.24, 2.45) is 5.92 Å². The molecule has 1 aromatic rings. The van der Waals surface area contributed by atoms with Gasteiger partial charge in [-0.1, -0.05) is 11.6 Å². The van der Waals surface area contributed by atoms with E-state index >= 15 is 0 Å². The van der Waals surface area contributed by atoms with Crippen LogP contribution in [-0.2, 0) is 0 Å². The Balaban J connectivity index is 1.87. The highest BCUT2D eigenvalue weighted by atomic mass is 35.5. The third kappa shape index (κ3) is 3.03. The highest BCUT2D eigenvalue weighted by molar-refractivity contribution is 6.35. The average molecular weight is 270 g/mol. The lowest BCUT2D eigenvalue weighted by atomic mass is 10.1. The first-order chi connectivity index (χ1) is 8.58. The van der Waals surface area contributed by atoms with Gasteiger partial charge in [-0.3, -0.25) is 0 Å². The van der Waals surface area contributed by atoms with E-state index in [1.807, 2.05) is 0 Å². The van der Waals surface area contributed by atoms with Crippen molar-refractivity contribution in [3.05, 3.63) is 11.3 Å². The molecule has 1 unspecified atom stereocenters. The lowest BCUT2D eigenvalue weighted by Gasteiger charge is -2.20. The smallest absolute Gasteiger partial charge is 0.150 e. The molecule has 0 spiro atoms. The minimum atomic E-state index is 0.324. The maximum absolute atomic E-state index is 6.03. The monoisotopic (exact) mass is 269 g/mol. The van der Waals surface area contributed by atoms with E-state index in [-0.39, 0.29) is 0 Å². The van der Waals surface area contributed by atoms with Gasteiger partial charge >= 0.3 is 0 Å². The first-order valence-corrected chi connectivity index (χ1v) is 6.69. The van der Waals surface area contributed by atoms with Gasteiger partial charge in [-0.25, -0.2) is 9.97 Å². The fraction of sp³-hybridized carbons (Fsp3) is 0.667. The Bertz CT molecular complexity index is 409. The summed E-state index contributed by atoms with van der Waals surface area (Å²) in [7, 11) is 0. The second-order valence-electron chi connectivity index (χ2n) is 5.05. The van der Waals surface area contributed by atoms with Gasteiger partial charge in [-0.05, 0) is 32.7 Å². The quantitative estimate of drug-likeness (QED) is 0.873. The Kier molecular flexibility index (Phi) is 4.24. The van der Waals surface area contributed by atoms with Crippen molar-refractivity contribution in [3.63, 3.8) is 0 Å². The van der Waals surface area contributed by atoms with Crippen LogP contribution < -0.4 is 11.1 Å². The molecule has 0 amide bonds. The van der Waals surface area contributed by atoms with Crippen molar-refractivity contribution in [3.8, 4) is 0 Å². The Morgan fingerprint density at radius 3 is 3.00 bits per heavy atom. The van der Waals surface area contributed by atoms with Crippen LogP contribution >= 0.6 is 11.6 Å². The molecular formula is C12H20ClN5. The molecule has 1 fully saturated rings. The van der Waals surface area contributed by atoms with Gasteiger partial charge in [0.25, 0.3) is 0 Å². The number of rotatable bonds is 4. The molecule has 5 nitrogen and oxygen atoms in total. The zero-order valence-electron chi connectivity index (χ0n) is 10.9. The van der Waals surface area contributed by atoms with Crippen molar-refractivity contribution in [2.75, 3.05) is 30.7 Å². The van der Waals surface area contributed by atoms with Gasteiger partial charge in [0, 0.05) is 19.1 Å². The number of anilines is 2. The van der Waals surface area contributed by atoms with Gasteiger partial charge in [0.2, 0.25) is 0 Å². The number of nitrogens with zero attached hydrogens (tertiary/aromatic N) is 3. The minimum Gasteiger partial charge on any atom is -0.382 e. The van der Waals surface area contributed by atoms with Crippen molar-refractivity contribution in [2.45, 2.75) is 26.3 Å². The van der Waals surface area contributed by atoms with Gasteiger partial charge in [0.05, 0.1) is 0 Å². The molecule has 0 aliphatic carbocycles. The molecule has 6 heteroatoms. The zero-order chi connectivity index (χ0) is 13.1. The topological polar surface area (TPSA) is 67.1 Å². The molecule has 100 valence electrons. The molecule has 1 saturated heterocycles. The van der Waals surface area contributed by atoms with Crippen molar-refractivity contribution in [1.82, 2.24) is 14.9 Å². The van der Waals surface area contributed by atoms with Crippen LogP contribution in [0.1, 0.15) is 20.3 Å². The molecule has 0 aromatic carbocycles. The number of likely N-dealkylation sites (tertiary alicyclic amines) is 1. The molecule has 3 N–H and O–H groups in total. The summed E-state index contributed by atoms with van der Waals surface area (Å²) >= 11 is 6.03. The minimum absolute atomic E-state index is 0.324. The lowest BCUT2D eigenvalue weighted by molar-refractivity contribution is 0.266. The maximum Gasteiger partial charge on any atom is 0.150 e. The first kappa shape index (κ1) is 13.4. The van der Waals surface area contributed by atoms with Crippen LogP contribution in [0.25, 0.3) is 0 Å². The van der Waals surface area contributed by atoms with Crippen LogP contribution in [0.15, 0.2) is 6.33 Å². The van der Waals surface area contributed by atoms with Crippen LogP contribution in [0.2, 0.25) is 5.02 Å². The van der Waals surface area contributed by atoms with Crippen LogP contribution in [-0.4, -0.2) is 40.5 Å². The summed E-state index contributed by atoms with van der Waals surface area (Å²) in [6.07, 6.45) is 2.64. The molecule has 0 saturated carbocycles. The predicted octanol–water partition coefficient (Wildman–Crippen LogP) is 1.85. The van der Waals surface area contributed by atoms with Crippen LogP contribution in [0.3, 0.4) is 0 Å². The summed E-state index contributed by atoms with van der Waals surface area (Å²) < 4.78 is 0. The molecular weight excluding hydrogens is 250 g/mol. The van der Waals surface area contributed by atoms with E-state index in [2.05, 4.69) is 34.0 Å². The van der Waals surface area contributed by atoms with E-state index in [9.17, 15) is 0 Å². The van der Waals surface area contributed by atoms with Gasteiger partial charge in [-0.15, -0.1) is 0 Å². The van der Waals surface area contributed by atoms with Crippen LogP contribution in [0.5, 0.6) is 0 Å². The fourth-order valence-corrected chi connectivity index (χ4v) is 2.41. The molecule has 0 bridgehead atoms. The van der Waals surface area contributed by atoms with Gasteiger partial charge in [-0.2, -0.15) is 0 Å². The summed E-state index contributed by atoms with van der Waals surface area (Å²) in [5.41, 5.74) is 5.63. The molecule has 1 aliphatic rings. The second kappa shape index (κ2) is 5.71. The number of hydrogen-bond acceptors (Lipinski definition) is 5. The summed E-state index contributed by atoms with van der Waals surface area (Å²) in [4.78, 5) is 10.4. The summed E-state index contributed by atoms with van der Waals surface area (Å²) in [6.45, 7) is 7.64. The Labute approximate surface area is 113 Å². The number of halogens is 1. The average Bonchev–Trinajstić information content (AvgIpc) is 2.80. The number of nitrogens with one attached hydrogen (secondary N) is 1.